The van der Waals surface area contributed by atoms with Crippen LogP contribution in [-0.4, -0.2) is 20.9 Å². The number of amides is 1. The van der Waals surface area contributed by atoms with Crippen LogP contribution >= 0.6 is 0 Å². The van der Waals surface area contributed by atoms with Gasteiger partial charge in [0.25, 0.3) is 5.91 Å². The Bertz CT molecular complexity index is 1400. The summed E-state index contributed by atoms with van der Waals surface area (Å²) in [4.78, 5) is 12.5. The zero-order valence-electron chi connectivity index (χ0n) is 18.8. The second-order valence-corrected chi connectivity index (χ2v) is 9.71. The minimum atomic E-state index is -3.67. The predicted molar refractivity (Wildman–Crippen MR) is 133 cm³/mol. The van der Waals surface area contributed by atoms with E-state index in [9.17, 15) is 13.2 Å². The molecule has 0 spiro atoms. The number of carbonyl (C=O) groups is 1. The van der Waals surface area contributed by atoms with Gasteiger partial charge in [0.05, 0.1) is 4.90 Å². The number of nitrogens with one attached hydrogen (secondary N) is 2. The maximum absolute atomic E-state index is 12.6. The lowest BCUT2D eigenvalue weighted by Gasteiger charge is -2.12. The van der Waals surface area contributed by atoms with Crippen LogP contribution in [0.4, 0.5) is 0 Å². The number of fused-ring (bicyclic) bond motifs is 1. The molecule has 6 nitrogen and oxygen atoms in total. The fourth-order valence-electron chi connectivity index (χ4n) is 3.64. The van der Waals surface area contributed by atoms with Crippen molar-refractivity contribution in [3.63, 3.8) is 0 Å². The fraction of sp³-hybridized carbons (Fsp3) is 0.148. The summed E-state index contributed by atoms with van der Waals surface area (Å²) >= 11 is 0. The van der Waals surface area contributed by atoms with Crippen LogP contribution in [0, 0.1) is 6.92 Å². The van der Waals surface area contributed by atoms with Crippen molar-refractivity contribution in [1.29, 1.82) is 0 Å². The van der Waals surface area contributed by atoms with Gasteiger partial charge in [0.15, 0.2) is 6.61 Å². The van der Waals surface area contributed by atoms with Gasteiger partial charge in [0.2, 0.25) is 10.0 Å². The number of hydrogen-bond donors (Lipinski definition) is 2. The Morgan fingerprint density at radius 2 is 1.59 bits per heavy atom. The minimum Gasteiger partial charge on any atom is -0.484 e. The molecule has 34 heavy (non-hydrogen) atoms. The average molecular weight is 475 g/mol. The number of sulfonamides is 1. The van der Waals surface area contributed by atoms with Gasteiger partial charge in [-0.3, -0.25) is 4.79 Å². The zero-order valence-corrected chi connectivity index (χ0v) is 19.6. The van der Waals surface area contributed by atoms with Crippen molar-refractivity contribution in [3.05, 3.63) is 108 Å². The number of carbonyl (C=O) groups excluding carboxylic acids is 1. The molecule has 0 fully saturated rings. The fourth-order valence-corrected chi connectivity index (χ4v) is 4.75. The Balaban J connectivity index is 1.33. The molecule has 0 radical (unpaired) electrons. The molecule has 0 aliphatic heterocycles. The van der Waals surface area contributed by atoms with Gasteiger partial charge >= 0.3 is 0 Å². The quantitative estimate of drug-likeness (QED) is 0.378. The molecule has 0 saturated carbocycles. The molecule has 0 heterocycles. The van der Waals surface area contributed by atoms with Gasteiger partial charge in [-0.15, -0.1) is 0 Å². The van der Waals surface area contributed by atoms with Crippen LogP contribution in [0.15, 0.2) is 95.9 Å². The topological polar surface area (TPSA) is 84.5 Å². The van der Waals surface area contributed by atoms with E-state index in [2.05, 4.69) is 10.0 Å². The van der Waals surface area contributed by atoms with Crippen molar-refractivity contribution in [2.24, 2.45) is 0 Å². The van der Waals surface area contributed by atoms with E-state index < -0.39 is 10.0 Å². The van der Waals surface area contributed by atoms with Crippen LogP contribution in [0.3, 0.4) is 0 Å². The summed E-state index contributed by atoms with van der Waals surface area (Å²) in [7, 11) is -3.67. The predicted octanol–water partition coefficient (Wildman–Crippen LogP) is 4.32. The number of aryl methyl sites for hydroxylation is 1. The number of ether oxygens (including phenoxy) is 1. The molecule has 174 valence electrons. The standard InChI is InChI=1S/C27H26N2O4S/c1-20-16-24(34(31,32)29-17-21-8-3-2-4-9-21)14-15-26(20)33-19-27(30)28-18-23-12-7-11-22-10-5-6-13-25(22)23/h2-16,29H,17-19H2,1H3,(H,28,30). The van der Waals surface area contributed by atoms with E-state index in [1.165, 1.54) is 12.1 Å². The van der Waals surface area contributed by atoms with E-state index in [4.69, 9.17) is 4.74 Å². The molecule has 0 atom stereocenters. The first-order valence-corrected chi connectivity index (χ1v) is 12.4. The highest BCUT2D eigenvalue weighted by molar-refractivity contribution is 7.89. The van der Waals surface area contributed by atoms with Crippen LogP contribution in [-0.2, 0) is 27.9 Å². The molecule has 1 amide bonds. The monoisotopic (exact) mass is 474 g/mol. The van der Waals surface area contributed by atoms with Gasteiger partial charge < -0.3 is 10.1 Å². The molecule has 0 unspecified atom stereocenters. The van der Waals surface area contributed by atoms with Gasteiger partial charge in [0.1, 0.15) is 5.75 Å². The first-order valence-electron chi connectivity index (χ1n) is 10.9. The van der Waals surface area contributed by atoms with Gasteiger partial charge in [-0.25, -0.2) is 13.1 Å². The third-order valence-electron chi connectivity index (χ3n) is 5.48. The van der Waals surface area contributed by atoms with Crippen LogP contribution in [0.25, 0.3) is 10.8 Å². The van der Waals surface area contributed by atoms with Crippen molar-refractivity contribution in [2.75, 3.05) is 6.61 Å². The molecule has 4 aromatic rings. The van der Waals surface area contributed by atoms with Crippen LogP contribution in [0.2, 0.25) is 0 Å². The number of benzene rings is 4. The Labute approximate surface area is 199 Å². The molecular weight excluding hydrogens is 448 g/mol. The molecule has 0 saturated heterocycles. The maximum atomic E-state index is 12.6. The van der Waals surface area contributed by atoms with Crippen LogP contribution in [0.1, 0.15) is 16.7 Å². The van der Waals surface area contributed by atoms with Crippen molar-refractivity contribution in [2.45, 2.75) is 24.9 Å². The normalized spacial score (nSPS) is 11.3. The summed E-state index contributed by atoms with van der Waals surface area (Å²) in [5, 5.41) is 5.10. The summed E-state index contributed by atoms with van der Waals surface area (Å²) in [6, 6.07) is 27.9. The minimum absolute atomic E-state index is 0.147. The van der Waals surface area contributed by atoms with Gasteiger partial charge in [-0.2, -0.15) is 0 Å². The highest BCUT2D eigenvalue weighted by atomic mass is 32.2. The lowest BCUT2D eigenvalue weighted by Crippen LogP contribution is -2.28. The van der Waals surface area contributed by atoms with E-state index in [0.29, 0.717) is 17.9 Å². The molecule has 4 rings (SSSR count). The molecule has 4 aromatic carbocycles. The van der Waals surface area contributed by atoms with Gasteiger partial charge in [-0.05, 0) is 52.6 Å². The smallest absolute Gasteiger partial charge is 0.258 e. The molecule has 7 heteroatoms. The van der Waals surface area contributed by atoms with E-state index in [1.54, 1.807) is 13.0 Å². The molecular formula is C27H26N2O4S. The Kier molecular flexibility index (Phi) is 7.25. The average Bonchev–Trinajstić information content (AvgIpc) is 2.86. The zero-order chi connectivity index (χ0) is 24.0. The van der Waals surface area contributed by atoms with E-state index >= 15 is 0 Å². The number of hydrogen-bond acceptors (Lipinski definition) is 4. The second kappa shape index (κ2) is 10.5. The first kappa shape index (κ1) is 23.5. The first-order chi connectivity index (χ1) is 16.4. The van der Waals surface area contributed by atoms with Gasteiger partial charge in [0, 0.05) is 13.1 Å². The van der Waals surface area contributed by atoms with E-state index in [1.807, 2.05) is 72.8 Å². The van der Waals surface area contributed by atoms with E-state index in [-0.39, 0.29) is 24.0 Å². The van der Waals surface area contributed by atoms with Crippen molar-refractivity contribution >= 4 is 26.7 Å². The highest BCUT2D eigenvalue weighted by Gasteiger charge is 2.16. The van der Waals surface area contributed by atoms with E-state index in [0.717, 1.165) is 21.9 Å². The third-order valence-corrected chi connectivity index (χ3v) is 6.88. The summed E-state index contributed by atoms with van der Waals surface area (Å²) in [5.41, 5.74) is 2.53. The molecule has 0 aliphatic rings. The van der Waals surface area contributed by atoms with Crippen molar-refractivity contribution < 1.29 is 17.9 Å². The van der Waals surface area contributed by atoms with Gasteiger partial charge in [-0.1, -0.05) is 72.8 Å². The summed E-state index contributed by atoms with van der Waals surface area (Å²) < 4.78 is 33.5. The molecule has 0 aliphatic carbocycles. The largest absolute Gasteiger partial charge is 0.484 e. The Morgan fingerprint density at radius 3 is 2.38 bits per heavy atom. The van der Waals surface area contributed by atoms with Crippen LogP contribution < -0.4 is 14.8 Å². The highest BCUT2D eigenvalue weighted by Crippen LogP contribution is 2.22. The molecule has 0 bridgehead atoms. The molecule has 2 N–H and O–H groups in total. The summed E-state index contributed by atoms with van der Waals surface area (Å²) in [5.74, 6) is 0.205. The lowest BCUT2D eigenvalue weighted by molar-refractivity contribution is -0.123. The maximum Gasteiger partial charge on any atom is 0.258 e. The molecule has 0 aromatic heterocycles. The lowest BCUT2D eigenvalue weighted by atomic mass is 10.0. The van der Waals surface area contributed by atoms with Crippen molar-refractivity contribution in [3.8, 4) is 5.75 Å². The SMILES string of the molecule is Cc1cc(S(=O)(=O)NCc2ccccc2)ccc1OCC(=O)NCc1cccc2ccccc12. The van der Waals surface area contributed by atoms with Crippen LogP contribution in [0.5, 0.6) is 5.75 Å². The Hall–Kier alpha value is -3.68. The number of rotatable bonds is 9. The Morgan fingerprint density at radius 1 is 0.853 bits per heavy atom. The summed E-state index contributed by atoms with van der Waals surface area (Å²) in [6.45, 7) is 2.19. The third kappa shape index (κ3) is 5.81. The van der Waals surface area contributed by atoms with Crippen molar-refractivity contribution in [1.82, 2.24) is 10.0 Å². The summed E-state index contributed by atoms with van der Waals surface area (Å²) in [6.07, 6.45) is 0. The second-order valence-electron chi connectivity index (χ2n) is 7.94.